The molecule has 0 bridgehead atoms. The summed E-state index contributed by atoms with van der Waals surface area (Å²) in [4.78, 5) is 17.9. The Hall–Kier alpha value is -1.16. The minimum absolute atomic E-state index is 0.0470. The lowest BCUT2D eigenvalue weighted by atomic mass is 10.3. The van der Waals surface area contributed by atoms with Gasteiger partial charge in [0.15, 0.2) is 0 Å². The monoisotopic (exact) mass is 282 g/mol. The fourth-order valence-corrected chi connectivity index (χ4v) is 1.60. The molecule has 0 aliphatic carbocycles. The largest absolute Gasteiger partial charge is 0.334 e. The van der Waals surface area contributed by atoms with Crippen LogP contribution in [0.1, 0.15) is 23.8 Å². The molecule has 0 saturated heterocycles. The second-order valence-electron chi connectivity index (χ2n) is 3.40. The van der Waals surface area contributed by atoms with Crippen LogP contribution in [0.25, 0.3) is 0 Å². The summed E-state index contributed by atoms with van der Waals surface area (Å²) >= 11 is 3.29. The fraction of sp³-hybridized carbons (Fsp3) is 0.333. The number of carbonyl (C=O) groups is 1. The second kappa shape index (κ2) is 6.43. The maximum absolute atomic E-state index is 12.0. The van der Waals surface area contributed by atoms with E-state index in [1.807, 2.05) is 13.0 Å². The van der Waals surface area contributed by atoms with Crippen molar-refractivity contribution in [1.82, 2.24) is 9.88 Å². The van der Waals surface area contributed by atoms with Crippen LogP contribution >= 0.6 is 15.9 Å². The topological polar surface area (TPSA) is 33.2 Å². The van der Waals surface area contributed by atoms with Gasteiger partial charge in [0.2, 0.25) is 0 Å². The third kappa shape index (κ3) is 3.45. The predicted octanol–water partition coefficient (Wildman–Crippen LogP) is 2.88. The number of halogens is 1. The predicted molar refractivity (Wildman–Crippen MR) is 68.3 cm³/mol. The molecule has 1 amide bonds. The maximum atomic E-state index is 12.0. The zero-order valence-electron chi connectivity index (χ0n) is 9.32. The van der Waals surface area contributed by atoms with Gasteiger partial charge in [-0.05, 0) is 34.5 Å². The van der Waals surface area contributed by atoms with Crippen LogP contribution in [0.15, 0.2) is 35.5 Å². The first-order valence-corrected chi connectivity index (χ1v) is 6.00. The van der Waals surface area contributed by atoms with Gasteiger partial charge in [0.25, 0.3) is 5.91 Å². The number of hydrogen-bond acceptors (Lipinski definition) is 2. The van der Waals surface area contributed by atoms with E-state index in [0.717, 1.165) is 17.4 Å². The van der Waals surface area contributed by atoms with Crippen LogP contribution < -0.4 is 0 Å². The molecule has 0 radical (unpaired) electrons. The minimum atomic E-state index is -0.0470. The summed E-state index contributed by atoms with van der Waals surface area (Å²) in [5.41, 5.74) is 0.471. The van der Waals surface area contributed by atoms with Crippen molar-refractivity contribution < 1.29 is 4.79 Å². The van der Waals surface area contributed by atoms with Crippen molar-refractivity contribution >= 4 is 21.8 Å². The molecule has 3 nitrogen and oxygen atoms in total. The third-order valence-electron chi connectivity index (χ3n) is 2.08. The molecule has 0 saturated carbocycles. The van der Waals surface area contributed by atoms with Crippen molar-refractivity contribution in [2.75, 3.05) is 13.1 Å². The Labute approximate surface area is 104 Å². The number of pyridine rings is 1. The van der Waals surface area contributed by atoms with Gasteiger partial charge in [-0.15, -0.1) is 6.58 Å². The van der Waals surface area contributed by atoms with Crippen molar-refractivity contribution in [3.05, 3.63) is 41.2 Å². The molecule has 16 heavy (non-hydrogen) atoms. The summed E-state index contributed by atoms with van der Waals surface area (Å²) in [6.45, 7) is 6.98. The number of carbonyl (C=O) groups excluding carboxylic acids is 1. The van der Waals surface area contributed by atoms with E-state index in [0.29, 0.717) is 12.2 Å². The summed E-state index contributed by atoms with van der Waals surface area (Å²) in [6, 6.07) is 3.54. The highest BCUT2D eigenvalue weighted by Crippen LogP contribution is 2.09. The molecule has 4 heteroatoms. The highest BCUT2D eigenvalue weighted by Gasteiger charge is 2.14. The zero-order chi connectivity index (χ0) is 12.0. The highest BCUT2D eigenvalue weighted by molar-refractivity contribution is 9.10. The summed E-state index contributed by atoms with van der Waals surface area (Å²) in [6.07, 6.45) is 4.29. The standard InChI is InChI=1S/C12H15BrN2O/c1-3-7-15(8-4-2)12(16)11-6-5-10(13)9-14-11/h3,5-6,9H,1,4,7-8H2,2H3. The molecule has 0 aromatic carbocycles. The molecule has 0 atom stereocenters. The molecule has 0 aliphatic rings. The van der Waals surface area contributed by atoms with Gasteiger partial charge in [-0.3, -0.25) is 4.79 Å². The molecule has 86 valence electrons. The van der Waals surface area contributed by atoms with Gasteiger partial charge in [-0.25, -0.2) is 4.98 Å². The van der Waals surface area contributed by atoms with E-state index in [4.69, 9.17) is 0 Å². The van der Waals surface area contributed by atoms with Crippen LogP contribution in [-0.4, -0.2) is 28.9 Å². The first kappa shape index (κ1) is 12.9. The molecular formula is C12H15BrN2O. The SMILES string of the molecule is C=CCN(CCC)C(=O)c1ccc(Br)cn1. The Kier molecular flexibility index (Phi) is 5.19. The molecule has 1 aromatic heterocycles. The lowest BCUT2D eigenvalue weighted by Gasteiger charge is -2.19. The molecule has 0 unspecified atom stereocenters. The van der Waals surface area contributed by atoms with Gasteiger partial charge in [-0.2, -0.15) is 0 Å². The van der Waals surface area contributed by atoms with E-state index < -0.39 is 0 Å². The van der Waals surface area contributed by atoms with E-state index in [2.05, 4.69) is 27.5 Å². The number of aromatic nitrogens is 1. The van der Waals surface area contributed by atoms with Gasteiger partial charge < -0.3 is 4.90 Å². The molecule has 1 rings (SSSR count). The lowest BCUT2D eigenvalue weighted by molar-refractivity contribution is 0.0768. The van der Waals surface area contributed by atoms with Crippen LogP contribution in [0.4, 0.5) is 0 Å². The van der Waals surface area contributed by atoms with Crippen LogP contribution in [0.5, 0.6) is 0 Å². The average molecular weight is 283 g/mol. The Balaban J connectivity index is 2.80. The highest BCUT2D eigenvalue weighted by atomic mass is 79.9. The van der Waals surface area contributed by atoms with Crippen molar-refractivity contribution in [2.24, 2.45) is 0 Å². The quantitative estimate of drug-likeness (QED) is 0.778. The van der Waals surface area contributed by atoms with Crippen molar-refractivity contribution in [2.45, 2.75) is 13.3 Å². The summed E-state index contributed by atoms with van der Waals surface area (Å²) in [5, 5.41) is 0. The summed E-state index contributed by atoms with van der Waals surface area (Å²) in [5.74, 6) is -0.0470. The van der Waals surface area contributed by atoms with E-state index in [9.17, 15) is 4.79 Å². The van der Waals surface area contributed by atoms with Gasteiger partial charge in [-0.1, -0.05) is 13.0 Å². The van der Waals surface area contributed by atoms with Gasteiger partial charge in [0.05, 0.1) is 0 Å². The Bertz CT molecular complexity index is 362. The van der Waals surface area contributed by atoms with Crippen molar-refractivity contribution in [3.63, 3.8) is 0 Å². The number of amides is 1. The van der Waals surface area contributed by atoms with Crippen LogP contribution in [0.2, 0.25) is 0 Å². The molecular weight excluding hydrogens is 268 g/mol. The van der Waals surface area contributed by atoms with Gasteiger partial charge in [0, 0.05) is 23.8 Å². The number of nitrogens with zero attached hydrogens (tertiary/aromatic N) is 2. The van der Waals surface area contributed by atoms with Gasteiger partial charge in [0.1, 0.15) is 5.69 Å². The van der Waals surface area contributed by atoms with E-state index in [1.165, 1.54) is 0 Å². The molecule has 0 spiro atoms. The molecule has 0 fully saturated rings. The van der Waals surface area contributed by atoms with Gasteiger partial charge >= 0.3 is 0 Å². The third-order valence-corrected chi connectivity index (χ3v) is 2.55. The smallest absolute Gasteiger partial charge is 0.272 e. The van der Waals surface area contributed by atoms with E-state index >= 15 is 0 Å². The normalized spacial score (nSPS) is 9.88. The Morgan fingerprint density at radius 1 is 1.62 bits per heavy atom. The van der Waals surface area contributed by atoms with Crippen LogP contribution in [-0.2, 0) is 0 Å². The van der Waals surface area contributed by atoms with Crippen molar-refractivity contribution in [3.8, 4) is 0 Å². The molecule has 0 N–H and O–H groups in total. The second-order valence-corrected chi connectivity index (χ2v) is 4.32. The maximum Gasteiger partial charge on any atom is 0.272 e. The first-order chi connectivity index (χ1) is 7.69. The Morgan fingerprint density at radius 3 is 2.88 bits per heavy atom. The van der Waals surface area contributed by atoms with Crippen LogP contribution in [0, 0.1) is 0 Å². The first-order valence-electron chi connectivity index (χ1n) is 5.20. The summed E-state index contributed by atoms with van der Waals surface area (Å²) < 4.78 is 0.870. The number of hydrogen-bond donors (Lipinski definition) is 0. The molecule has 0 aliphatic heterocycles. The van der Waals surface area contributed by atoms with E-state index in [1.54, 1.807) is 23.2 Å². The van der Waals surface area contributed by atoms with Crippen LogP contribution in [0.3, 0.4) is 0 Å². The zero-order valence-corrected chi connectivity index (χ0v) is 10.9. The average Bonchev–Trinajstić information content (AvgIpc) is 2.29. The molecule has 1 aromatic rings. The van der Waals surface area contributed by atoms with E-state index in [-0.39, 0.29) is 5.91 Å². The fourth-order valence-electron chi connectivity index (χ4n) is 1.37. The lowest BCUT2D eigenvalue weighted by Crippen LogP contribution is -2.32. The number of rotatable bonds is 5. The Morgan fingerprint density at radius 2 is 2.38 bits per heavy atom. The molecule has 1 heterocycles. The van der Waals surface area contributed by atoms with Crippen molar-refractivity contribution in [1.29, 1.82) is 0 Å². The minimum Gasteiger partial charge on any atom is -0.334 e. The summed E-state index contributed by atoms with van der Waals surface area (Å²) in [7, 11) is 0.